The summed E-state index contributed by atoms with van der Waals surface area (Å²) in [4.78, 5) is 23.1. The molecule has 2 aliphatic carbocycles. The molecule has 0 aromatic heterocycles. The van der Waals surface area contributed by atoms with E-state index in [0.29, 0.717) is 16.5 Å². The van der Waals surface area contributed by atoms with Gasteiger partial charge in [0.25, 0.3) is 11.6 Å². The molecule has 0 radical (unpaired) electrons. The predicted molar refractivity (Wildman–Crippen MR) is 96.8 cm³/mol. The van der Waals surface area contributed by atoms with Gasteiger partial charge >= 0.3 is 0 Å². The molecular formula is C17H23N3O3S. The van der Waals surface area contributed by atoms with E-state index in [2.05, 4.69) is 17.6 Å². The van der Waals surface area contributed by atoms with Gasteiger partial charge in [0.05, 0.1) is 4.92 Å². The lowest BCUT2D eigenvalue weighted by Gasteiger charge is -2.21. The fraction of sp³-hybridized carbons (Fsp3) is 0.588. The zero-order chi connectivity index (χ0) is 17.1. The van der Waals surface area contributed by atoms with Gasteiger partial charge in [-0.15, -0.1) is 0 Å². The number of benzene rings is 1. The molecule has 0 spiro atoms. The van der Waals surface area contributed by atoms with E-state index in [9.17, 15) is 14.9 Å². The van der Waals surface area contributed by atoms with Crippen molar-refractivity contribution in [2.24, 2.45) is 0 Å². The van der Waals surface area contributed by atoms with Crippen LogP contribution < -0.4 is 10.6 Å². The number of anilines is 1. The van der Waals surface area contributed by atoms with Gasteiger partial charge in [-0.3, -0.25) is 14.9 Å². The van der Waals surface area contributed by atoms with Crippen LogP contribution in [0.5, 0.6) is 0 Å². The summed E-state index contributed by atoms with van der Waals surface area (Å²) in [6, 6.07) is 5.21. The summed E-state index contributed by atoms with van der Waals surface area (Å²) >= 11 is 1.91. The zero-order valence-electron chi connectivity index (χ0n) is 13.8. The molecule has 1 amide bonds. The number of nitrogens with one attached hydrogen (secondary N) is 2. The lowest BCUT2D eigenvalue weighted by atomic mass is 10.1. The molecule has 2 aliphatic rings. The minimum atomic E-state index is -0.410. The van der Waals surface area contributed by atoms with E-state index in [1.807, 2.05) is 11.8 Å². The average molecular weight is 349 g/mol. The van der Waals surface area contributed by atoms with Crippen LogP contribution in [0.1, 0.15) is 49.4 Å². The van der Waals surface area contributed by atoms with Crippen molar-refractivity contribution < 1.29 is 9.72 Å². The van der Waals surface area contributed by atoms with E-state index in [-0.39, 0.29) is 23.7 Å². The number of nitrogens with zero attached hydrogens (tertiary/aromatic N) is 1. The van der Waals surface area contributed by atoms with Crippen molar-refractivity contribution in [3.05, 3.63) is 33.9 Å². The molecule has 0 heterocycles. The van der Waals surface area contributed by atoms with Crippen molar-refractivity contribution >= 4 is 29.0 Å². The second-order valence-electron chi connectivity index (χ2n) is 6.41. The summed E-state index contributed by atoms with van der Waals surface area (Å²) in [7, 11) is 0. The molecule has 130 valence electrons. The minimum Gasteiger partial charge on any atom is -0.376 e. The maximum absolute atomic E-state index is 12.1. The average Bonchev–Trinajstić information content (AvgIpc) is 3.27. The molecule has 0 saturated heterocycles. The number of hydrogen-bond donors (Lipinski definition) is 2. The summed E-state index contributed by atoms with van der Waals surface area (Å²) in [5.41, 5.74) is 0.840. The highest BCUT2D eigenvalue weighted by Crippen LogP contribution is 2.35. The van der Waals surface area contributed by atoms with Crippen LogP contribution in [0.3, 0.4) is 0 Å². The lowest BCUT2D eigenvalue weighted by Crippen LogP contribution is -2.27. The van der Waals surface area contributed by atoms with Crippen LogP contribution in [0.4, 0.5) is 11.4 Å². The first-order valence-electron chi connectivity index (χ1n) is 8.56. The molecule has 1 aromatic rings. The summed E-state index contributed by atoms with van der Waals surface area (Å²) < 4.78 is 0. The Labute approximate surface area is 145 Å². The van der Waals surface area contributed by atoms with E-state index in [4.69, 9.17) is 0 Å². The van der Waals surface area contributed by atoms with Crippen LogP contribution in [0.2, 0.25) is 0 Å². The molecule has 24 heavy (non-hydrogen) atoms. The van der Waals surface area contributed by atoms with Gasteiger partial charge in [-0.05, 0) is 43.6 Å². The minimum absolute atomic E-state index is 0.0226. The fourth-order valence-corrected chi connectivity index (χ4v) is 4.34. The van der Waals surface area contributed by atoms with E-state index in [1.165, 1.54) is 6.07 Å². The highest BCUT2D eigenvalue weighted by atomic mass is 32.2. The number of rotatable bonds is 7. The van der Waals surface area contributed by atoms with Gasteiger partial charge in [-0.2, -0.15) is 11.8 Å². The first-order valence-corrected chi connectivity index (χ1v) is 9.60. The smallest absolute Gasteiger partial charge is 0.293 e. The maximum atomic E-state index is 12.1. The first kappa shape index (κ1) is 17.1. The second-order valence-corrected chi connectivity index (χ2v) is 7.93. The summed E-state index contributed by atoms with van der Waals surface area (Å²) in [6.07, 6.45) is 5.30. The predicted octanol–water partition coefficient (Wildman–Crippen LogP) is 3.57. The zero-order valence-corrected chi connectivity index (χ0v) is 14.6. The highest BCUT2D eigenvalue weighted by Gasteiger charge is 2.30. The Morgan fingerprint density at radius 2 is 2.12 bits per heavy atom. The molecule has 0 bridgehead atoms. The molecule has 6 nitrogen and oxygen atoms in total. The SMILES string of the molecule is CCSC1CCCC1Nc1ccc(C(=O)NC2CC2)cc1[N+](=O)[O-]. The Morgan fingerprint density at radius 3 is 2.79 bits per heavy atom. The Balaban J connectivity index is 1.76. The van der Waals surface area contributed by atoms with Crippen molar-refractivity contribution in [2.75, 3.05) is 11.1 Å². The van der Waals surface area contributed by atoms with Crippen LogP contribution in [0.15, 0.2) is 18.2 Å². The monoisotopic (exact) mass is 349 g/mol. The van der Waals surface area contributed by atoms with E-state index in [0.717, 1.165) is 37.9 Å². The molecule has 0 aliphatic heterocycles. The Hall–Kier alpha value is -1.76. The standard InChI is InChI=1S/C17H23N3O3S/c1-2-24-16-5-3-4-14(16)19-13-9-6-11(10-15(13)20(22)23)17(21)18-12-7-8-12/h6,9-10,12,14,16,19H,2-5,7-8H2,1H3,(H,18,21). The quantitative estimate of drug-likeness (QED) is 0.581. The maximum Gasteiger partial charge on any atom is 0.293 e. The van der Waals surface area contributed by atoms with E-state index < -0.39 is 4.92 Å². The van der Waals surface area contributed by atoms with Crippen LogP contribution >= 0.6 is 11.8 Å². The second kappa shape index (κ2) is 7.42. The van der Waals surface area contributed by atoms with Crippen LogP contribution in [0.25, 0.3) is 0 Å². The van der Waals surface area contributed by atoms with Gasteiger partial charge in [-0.1, -0.05) is 13.3 Å². The third-order valence-corrected chi connectivity index (χ3v) is 5.87. The fourth-order valence-electron chi connectivity index (χ4n) is 3.15. The molecule has 2 unspecified atom stereocenters. The summed E-state index contributed by atoms with van der Waals surface area (Å²) in [5.74, 6) is 0.818. The number of thioether (sulfide) groups is 1. The van der Waals surface area contributed by atoms with Gasteiger partial charge in [-0.25, -0.2) is 0 Å². The topological polar surface area (TPSA) is 84.3 Å². The van der Waals surface area contributed by atoms with Gasteiger partial charge in [0, 0.05) is 29.0 Å². The van der Waals surface area contributed by atoms with Crippen molar-refractivity contribution in [2.45, 2.75) is 56.4 Å². The van der Waals surface area contributed by atoms with Gasteiger partial charge in [0.1, 0.15) is 5.69 Å². The van der Waals surface area contributed by atoms with Gasteiger partial charge in [0.15, 0.2) is 0 Å². The molecular weight excluding hydrogens is 326 g/mol. The molecule has 2 N–H and O–H groups in total. The third kappa shape index (κ3) is 4.01. The Morgan fingerprint density at radius 1 is 1.33 bits per heavy atom. The van der Waals surface area contributed by atoms with Crippen molar-refractivity contribution in [1.29, 1.82) is 0 Å². The first-order chi connectivity index (χ1) is 11.6. The number of amides is 1. The number of carbonyl (C=O) groups excluding carboxylic acids is 1. The molecule has 2 saturated carbocycles. The Bertz CT molecular complexity index is 634. The molecule has 2 fully saturated rings. The molecule has 2 atom stereocenters. The summed E-state index contributed by atoms with van der Waals surface area (Å²) in [5, 5.41) is 18.2. The number of nitro benzene ring substituents is 1. The largest absolute Gasteiger partial charge is 0.376 e. The number of nitro groups is 1. The molecule has 7 heteroatoms. The van der Waals surface area contributed by atoms with Crippen molar-refractivity contribution in [3.63, 3.8) is 0 Å². The number of hydrogen-bond acceptors (Lipinski definition) is 5. The van der Waals surface area contributed by atoms with Crippen LogP contribution in [-0.4, -0.2) is 33.9 Å². The third-order valence-electron chi connectivity index (χ3n) is 4.54. The molecule has 3 rings (SSSR count). The lowest BCUT2D eigenvalue weighted by molar-refractivity contribution is -0.384. The summed E-state index contributed by atoms with van der Waals surface area (Å²) in [6.45, 7) is 2.13. The van der Waals surface area contributed by atoms with E-state index >= 15 is 0 Å². The van der Waals surface area contributed by atoms with Crippen molar-refractivity contribution in [1.82, 2.24) is 5.32 Å². The Kier molecular flexibility index (Phi) is 5.28. The van der Waals surface area contributed by atoms with Crippen LogP contribution in [-0.2, 0) is 0 Å². The normalized spacial score (nSPS) is 23.0. The number of carbonyl (C=O) groups is 1. The van der Waals surface area contributed by atoms with Gasteiger partial charge in [0.2, 0.25) is 0 Å². The van der Waals surface area contributed by atoms with Gasteiger partial charge < -0.3 is 10.6 Å². The van der Waals surface area contributed by atoms with Crippen LogP contribution in [0, 0.1) is 10.1 Å². The molecule has 1 aromatic carbocycles. The van der Waals surface area contributed by atoms with Crippen molar-refractivity contribution in [3.8, 4) is 0 Å². The highest BCUT2D eigenvalue weighted by molar-refractivity contribution is 7.99. The van der Waals surface area contributed by atoms with E-state index in [1.54, 1.807) is 12.1 Å².